The van der Waals surface area contributed by atoms with E-state index in [1.165, 1.54) is 6.42 Å². The number of benzene rings is 1. The van der Waals surface area contributed by atoms with E-state index in [9.17, 15) is 4.79 Å². The lowest BCUT2D eigenvalue weighted by molar-refractivity contribution is 0.0553. The molecule has 1 aliphatic rings. The van der Waals surface area contributed by atoms with E-state index in [0.717, 1.165) is 18.5 Å². The smallest absolute Gasteiger partial charge is 0.411 e. The van der Waals surface area contributed by atoms with Gasteiger partial charge in [0.15, 0.2) is 0 Å². The number of rotatable bonds is 2. The van der Waals surface area contributed by atoms with Crippen LogP contribution >= 0.6 is 0 Å². The van der Waals surface area contributed by atoms with Crippen molar-refractivity contribution in [1.82, 2.24) is 0 Å². The first-order chi connectivity index (χ1) is 8.63. The molecule has 0 saturated heterocycles. The molecular weight excluding hydrogens is 226 g/mol. The number of anilines is 1. The number of hydrogen-bond donors (Lipinski definition) is 1. The fourth-order valence-corrected chi connectivity index (χ4v) is 2.79. The van der Waals surface area contributed by atoms with E-state index in [0.29, 0.717) is 11.8 Å². The van der Waals surface area contributed by atoms with Crippen LogP contribution in [0.4, 0.5) is 10.5 Å². The van der Waals surface area contributed by atoms with Gasteiger partial charge >= 0.3 is 6.09 Å². The lowest BCUT2D eigenvalue weighted by Crippen LogP contribution is -2.30. The molecule has 3 nitrogen and oxygen atoms in total. The van der Waals surface area contributed by atoms with Gasteiger partial charge in [-0.1, -0.05) is 32.0 Å². The van der Waals surface area contributed by atoms with Crippen molar-refractivity contribution in [3.05, 3.63) is 30.3 Å². The van der Waals surface area contributed by atoms with E-state index in [-0.39, 0.29) is 12.2 Å². The fraction of sp³-hybridized carbons (Fsp3) is 0.533. The van der Waals surface area contributed by atoms with Gasteiger partial charge in [-0.25, -0.2) is 4.79 Å². The molecule has 1 aliphatic carbocycles. The number of hydrogen-bond acceptors (Lipinski definition) is 2. The average molecular weight is 247 g/mol. The third-order valence-corrected chi connectivity index (χ3v) is 3.43. The predicted octanol–water partition coefficient (Wildman–Crippen LogP) is 4.06. The maximum absolute atomic E-state index is 11.8. The van der Waals surface area contributed by atoms with E-state index >= 15 is 0 Å². The van der Waals surface area contributed by atoms with Crippen molar-refractivity contribution in [3.8, 4) is 0 Å². The first-order valence-electron chi connectivity index (χ1n) is 6.66. The van der Waals surface area contributed by atoms with E-state index in [4.69, 9.17) is 4.74 Å². The summed E-state index contributed by atoms with van der Waals surface area (Å²) in [5.74, 6) is 1.28. The zero-order valence-corrected chi connectivity index (χ0v) is 11.1. The largest absolute Gasteiger partial charge is 0.446 e. The first-order valence-corrected chi connectivity index (χ1v) is 6.66. The highest BCUT2D eigenvalue weighted by Crippen LogP contribution is 2.30. The summed E-state index contributed by atoms with van der Waals surface area (Å²) in [5, 5.41) is 2.76. The molecule has 1 fully saturated rings. The molecule has 1 aromatic rings. The Kier molecular flexibility index (Phi) is 4.24. The monoisotopic (exact) mass is 247 g/mol. The van der Waals surface area contributed by atoms with Gasteiger partial charge in [-0.3, -0.25) is 5.32 Å². The van der Waals surface area contributed by atoms with Gasteiger partial charge in [0.1, 0.15) is 6.10 Å². The van der Waals surface area contributed by atoms with Gasteiger partial charge in [-0.15, -0.1) is 0 Å². The second-order valence-electron chi connectivity index (χ2n) is 5.44. The SMILES string of the molecule is CC1CC(C)CC(OC(=O)Nc2ccccc2)C1. The van der Waals surface area contributed by atoms with Gasteiger partial charge < -0.3 is 4.74 Å². The number of nitrogens with one attached hydrogen (secondary N) is 1. The van der Waals surface area contributed by atoms with Crippen LogP contribution in [0.2, 0.25) is 0 Å². The van der Waals surface area contributed by atoms with Crippen LogP contribution in [0.5, 0.6) is 0 Å². The minimum Gasteiger partial charge on any atom is -0.446 e. The van der Waals surface area contributed by atoms with Crippen LogP contribution in [-0.4, -0.2) is 12.2 Å². The molecule has 1 amide bonds. The van der Waals surface area contributed by atoms with Crippen LogP contribution in [0, 0.1) is 11.8 Å². The van der Waals surface area contributed by atoms with E-state index in [1.807, 2.05) is 30.3 Å². The highest BCUT2D eigenvalue weighted by atomic mass is 16.6. The van der Waals surface area contributed by atoms with Crippen molar-refractivity contribution >= 4 is 11.8 Å². The maximum Gasteiger partial charge on any atom is 0.411 e. The molecule has 2 rings (SSSR count). The first kappa shape index (κ1) is 12.9. The molecule has 2 unspecified atom stereocenters. The Morgan fingerprint density at radius 1 is 1.11 bits per heavy atom. The number of carbonyl (C=O) groups excluding carboxylic acids is 1. The minimum absolute atomic E-state index is 0.0625. The van der Waals surface area contributed by atoms with Crippen molar-refractivity contribution in [2.75, 3.05) is 5.32 Å². The zero-order valence-electron chi connectivity index (χ0n) is 11.1. The Balaban J connectivity index is 1.84. The van der Waals surface area contributed by atoms with Gasteiger partial charge in [-0.2, -0.15) is 0 Å². The fourth-order valence-electron chi connectivity index (χ4n) is 2.79. The predicted molar refractivity (Wildman–Crippen MR) is 72.5 cm³/mol. The van der Waals surface area contributed by atoms with Crippen molar-refractivity contribution < 1.29 is 9.53 Å². The summed E-state index contributed by atoms with van der Waals surface area (Å²) in [5.41, 5.74) is 0.777. The number of ether oxygens (including phenoxy) is 1. The Morgan fingerprint density at radius 3 is 2.33 bits per heavy atom. The van der Waals surface area contributed by atoms with E-state index in [1.54, 1.807) is 0 Å². The van der Waals surface area contributed by atoms with E-state index in [2.05, 4.69) is 19.2 Å². The highest BCUT2D eigenvalue weighted by molar-refractivity contribution is 5.84. The molecule has 98 valence electrons. The normalized spacial score (nSPS) is 27.6. The van der Waals surface area contributed by atoms with Crippen molar-refractivity contribution in [2.45, 2.75) is 39.2 Å². The number of para-hydroxylation sites is 1. The molecule has 0 heterocycles. The van der Waals surface area contributed by atoms with Gasteiger partial charge in [-0.05, 0) is 43.2 Å². The van der Waals surface area contributed by atoms with Gasteiger partial charge in [0.25, 0.3) is 0 Å². The molecular formula is C15H21NO2. The topological polar surface area (TPSA) is 38.3 Å². The molecule has 0 spiro atoms. The molecule has 0 radical (unpaired) electrons. The summed E-state index contributed by atoms with van der Waals surface area (Å²) in [6.45, 7) is 4.45. The summed E-state index contributed by atoms with van der Waals surface area (Å²) < 4.78 is 5.49. The molecule has 3 heteroatoms. The molecule has 1 saturated carbocycles. The van der Waals surface area contributed by atoms with Crippen LogP contribution in [0.3, 0.4) is 0 Å². The van der Waals surface area contributed by atoms with Gasteiger partial charge in [0.2, 0.25) is 0 Å². The third kappa shape index (κ3) is 3.76. The quantitative estimate of drug-likeness (QED) is 0.855. The molecule has 1 N–H and O–H groups in total. The Hall–Kier alpha value is -1.51. The third-order valence-electron chi connectivity index (χ3n) is 3.43. The molecule has 0 aromatic heterocycles. The Labute approximate surface area is 109 Å². The van der Waals surface area contributed by atoms with Crippen molar-refractivity contribution in [1.29, 1.82) is 0 Å². The van der Waals surface area contributed by atoms with Crippen molar-refractivity contribution in [2.24, 2.45) is 11.8 Å². The van der Waals surface area contributed by atoms with E-state index < -0.39 is 0 Å². The second-order valence-corrected chi connectivity index (χ2v) is 5.44. The van der Waals surface area contributed by atoms with Crippen molar-refractivity contribution in [3.63, 3.8) is 0 Å². The molecule has 0 aliphatic heterocycles. The second kappa shape index (κ2) is 5.89. The number of amides is 1. The summed E-state index contributed by atoms with van der Waals surface area (Å²) >= 11 is 0. The minimum atomic E-state index is -0.340. The van der Waals surface area contributed by atoms with Crippen LogP contribution < -0.4 is 5.32 Å². The lowest BCUT2D eigenvalue weighted by atomic mass is 9.82. The summed E-state index contributed by atoms with van der Waals surface area (Å²) in [6, 6.07) is 9.41. The maximum atomic E-state index is 11.8. The molecule has 1 aromatic carbocycles. The summed E-state index contributed by atoms with van der Waals surface area (Å²) in [7, 11) is 0. The van der Waals surface area contributed by atoms with Gasteiger partial charge in [0.05, 0.1) is 0 Å². The van der Waals surface area contributed by atoms with Crippen LogP contribution in [0.25, 0.3) is 0 Å². The summed E-state index contributed by atoms with van der Waals surface area (Å²) in [4.78, 5) is 11.8. The Bertz CT molecular complexity index is 381. The lowest BCUT2D eigenvalue weighted by Gasteiger charge is -2.30. The summed E-state index contributed by atoms with van der Waals surface area (Å²) in [6.07, 6.45) is 2.92. The van der Waals surface area contributed by atoms with Crippen LogP contribution in [0.1, 0.15) is 33.1 Å². The van der Waals surface area contributed by atoms with Crippen LogP contribution in [0.15, 0.2) is 30.3 Å². The standard InChI is InChI=1S/C15H21NO2/c1-11-8-12(2)10-14(9-11)18-15(17)16-13-6-4-3-5-7-13/h3-7,11-12,14H,8-10H2,1-2H3,(H,16,17). The Morgan fingerprint density at radius 2 is 1.72 bits per heavy atom. The van der Waals surface area contributed by atoms with Gasteiger partial charge in [0, 0.05) is 5.69 Å². The zero-order chi connectivity index (χ0) is 13.0. The number of carbonyl (C=O) groups is 1. The average Bonchev–Trinajstić information content (AvgIpc) is 2.28. The van der Waals surface area contributed by atoms with Crippen LogP contribution in [-0.2, 0) is 4.74 Å². The molecule has 0 bridgehead atoms. The molecule has 18 heavy (non-hydrogen) atoms. The highest BCUT2D eigenvalue weighted by Gasteiger charge is 2.26. The molecule has 2 atom stereocenters.